The van der Waals surface area contributed by atoms with Crippen molar-refractivity contribution in [3.8, 4) is 0 Å². The molecule has 0 amide bonds. The number of hydrogen-bond donors (Lipinski definition) is 1. The molecule has 0 unspecified atom stereocenters. The van der Waals surface area contributed by atoms with Crippen LogP contribution in [-0.4, -0.2) is 19.1 Å². The summed E-state index contributed by atoms with van der Waals surface area (Å²) in [4.78, 5) is 11.8. The molecule has 1 heterocycles. The highest BCUT2D eigenvalue weighted by Gasteiger charge is 2.34. The number of nitrogens with one attached hydrogen (secondary N) is 1. The van der Waals surface area contributed by atoms with Crippen molar-refractivity contribution >= 4 is 17.6 Å². The maximum Gasteiger partial charge on any atom is 0.310 e. The molecule has 0 bridgehead atoms. The van der Waals surface area contributed by atoms with Crippen molar-refractivity contribution in [2.24, 2.45) is 5.92 Å². The summed E-state index contributed by atoms with van der Waals surface area (Å²) in [6.07, 6.45) is 0.826. The molecule has 3 nitrogen and oxygen atoms in total. The molecule has 0 aliphatic carbocycles. The van der Waals surface area contributed by atoms with Crippen LogP contribution in [-0.2, 0) is 9.53 Å². The third kappa shape index (κ3) is 2.79. The van der Waals surface area contributed by atoms with Gasteiger partial charge in [0.2, 0.25) is 0 Å². The fourth-order valence-electron chi connectivity index (χ4n) is 2.23. The Balaban J connectivity index is 2.14. The van der Waals surface area contributed by atoms with Crippen LogP contribution in [0.25, 0.3) is 0 Å². The van der Waals surface area contributed by atoms with Crippen LogP contribution in [0, 0.1) is 5.92 Å². The monoisotopic (exact) mass is 253 g/mol. The van der Waals surface area contributed by atoms with Gasteiger partial charge in [-0.3, -0.25) is 4.79 Å². The standard InChI is InChI=1S/C13H16ClNO2/c1-2-17-13(16)11-7-8-15-12(11)9-3-5-10(14)6-4-9/h3-6,11-12,15H,2,7-8H2,1H3/t11-,12-/m0/s1. The van der Waals surface area contributed by atoms with E-state index in [9.17, 15) is 4.79 Å². The lowest BCUT2D eigenvalue weighted by atomic mass is 9.94. The van der Waals surface area contributed by atoms with Crippen LogP contribution < -0.4 is 5.32 Å². The SMILES string of the molecule is CCOC(=O)[C@H]1CCN[C@H]1c1ccc(Cl)cc1. The van der Waals surface area contributed by atoms with E-state index in [0.29, 0.717) is 11.6 Å². The molecule has 1 aromatic rings. The third-order valence-corrected chi connectivity index (χ3v) is 3.29. The Morgan fingerprint density at radius 1 is 1.47 bits per heavy atom. The van der Waals surface area contributed by atoms with Gasteiger partial charge in [0.1, 0.15) is 0 Å². The second kappa shape index (κ2) is 5.52. The summed E-state index contributed by atoms with van der Waals surface area (Å²) >= 11 is 5.85. The molecule has 2 rings (SSSR count). The minimum Gasteiger partial charge on any atom is -0.466 e. The van der Waals surface area contributed by atoms with Gasteiger partial charge in [0.25, 0.3) is 0 Å². The number of esters is 1. The van der Waals surface area contributed by atoms with Gasteiger partial charge in [-0.2, -0.15) is 0 Å². The number of hydrogen-bond acceptors (Lipinski definition) is 3. The van der Waals surface area contributed by atoms with Crippen molar-refractivity contribution in [3.63, 3.8) is 0 Å². The highest BCUT2D eigenvalue weighted by Crippen LogP contribution is 2.31. The molecule has 17 heavy (non-hydrogen) atoms. The molecule has 0 spiro atoms. The van der Waals surface area contributed by atoms with Gasteiger partial charge in [-0.1, -0.05) is 23.7 Å². The lowest BCUT2D eigenvalue weighted by Crippen LogP contribution is -2.25. The molecule has 2 atom stereocenters. The summed E-state index contributed by atoms with van der Waals surface area (Å²) in [5, 5.41) is 4.05. The number of carbonyl (C=O) groups is 1. The van der Waals surface area contributed by atoms with Gasteiger partial charge < -0.3 is 10.1 Å². The minimum atomic E-state index is -0.113. The first-order chi connectivity index (χ1) is 8.22. The molecule has 1 N–H and O–H groups in total. The topological polar surface area (TPSA) is 38.3 Å². The van der Waals surface area contributed by atoms with E-state index in [1.807, 2.05) is 31.2 Å². The molecular weight excluding hydrogens is 238 g/mol. The Hall–Kier alpha value is -1.06. The predicted molar refractivity (Wildman–Crippen MR) is 66.9 cm³/mol. The minimum absolute atomic E-state index is 0.0475. The molecule has 1 aromatic carbocycles. The normalized spacial score (nSPS) is 23.6. The summed E-state index contributed by atoms with van der Waals surface area (Å²) in [6, 6.07) is 7.65. The van der Waals surface area contributed by atoms with E-state index in [2.05, 4.69) is 5.32 Å². The van der Waals surface area contributed by atoms with Crippen LogP contribution >= 0.6 is 11.6 Å². The van der Waals surface area contributed by atoms with Crippen LogP contribution in [0.3, 0.4) is 0 Å². The van der Waals surface area contributed by atoms with Gasteiger partial charge in [0, 0.05) is 11.1 Å². The zero-order chi connectivity index (χ0) is 12.3. The van der Waals surface area contributed by atoms with Crippen molar-refractivity contribution in [2.75, 3.05) is 13.2 Å². The third-order valence-electron chi connectivity index (χ3n) is 3.04. The quantitative estimate of drug-likeness (QED) is 0.842. The summed E-state index contributed by atoms with van der Waals surface area (Å²) in [5.74, 6) is -0.200. The zero-order valence-corrected chi connectivity index (χ0v) is 10.5. The fourth-order valence-corrected chi connectivity index (χ4v) is 2.35. The summed E-state index contributed by atoms with van der Waals surface area (Å²) in [7, 11) is 0. The summed E-state index contributed by atoms with van der Waals surface area (Å²) in [5.41, 5.74) is 1.09. The summed E-state index contributed by atoms with van der Waals surface area (Å²) < 4.78 is 5.10. The molecule has 1 aliphatic heterocycles. The van der Waals surface area contributed by atoms with E-state index in [1.165, 1.54) is 0 Å². The highest BCUT2D eigenvalue weighted by molar-refractivity contribution is 6.30. The Bertz CT molecular complexity index is 391. The molecule has 1 saturated heterocycles. The molecule has 1 aliphatic rings. The predicted octanol–water partition coefficient (Wildman–Crippen LogP) is 2.55. The van der Waals surface area contributed by atoms with Crippen molar-refractivity contribution in [1.82, 2.24) is 5.32 Å². The first-order valence-electron chi connectivity index (χ1n) is 5.88. The van der Waals surface area contributed by atoms with E-state index in [1.54, 1.807) is 0 Å². The zero-order valence-electron chi connectivity index (χ0n) is 9.78. The van der Waals surface area contributed by atoms with E-state index < -0.39 is 0 Å². The second-order valence-electron chi connectivity index (χ2n) is 4.13. The van der Waals surface area contributed by atoms with Gasteiger partial charge in [0.15, 0.2) is 0 Å². The Morgan fingerprint density at radius 2 is 2.18 bits per heavy atom. The second-order valence-corrected chi connectivity index (χ2v) is 4.57. The molecule has 0 saturated carbocycles. The van der Waals surface area contributed by atoms with Gasteiger partial charge in [0.05, 0.1) is 12.5 Å². The van der Waals surface area contributed by atoms with Crippen LogP contribution in [0.5, 0.6) is 0 Å². The van der Waals surface area contributed by atoms with Gasteiger partial charge >= 0.3 is 5.97 Å². The van der Waals surface area contributed by atoms with Crippen LogP contribution in [0.15, 0.2) is 24.3 Å². The van der Waals surface area contributed by atoms with Gasteiger partial charge in [-0.25, -0.2) is 0 Å². The smallest absolute Gasteiger partial charge is 0.310 e. The number of benzene rings is 1. The molecule has 0 radical (unpaired) electrons. The van der Waals surface area contributed by atoms with Crippen LogP contribution in [0.2, 0.25) is 5.02 Å². The van der Waals surface area contributed by atoms with E-state index in [0.717, 1.165) is 18.5 Å². The maximum atomic E-state index is 11.8. The van der Waals surface area contributed by atoms with Crippen molar-refractivity contribution in [2.45, 2.75) is 19.4 Å². The van der Waals surface area contributed by atoms with E-state index >= 15 is 0 Å². The maximum absolute atomic E-state index is 11.8. The molecule has 4 heteroatoms. The first kappa shape index (κ1) is 12.4. The van der Waals surface area contributed by atoms with Crippen LogP contribution in [0.4, 0.5) is 0 Å². The van der Waals surface area contributed by atoms with E-state index in [4.69, 9.17) is 16.3 Å². The van der Waals surface area contributed by atoms with Gasteiger partial charge in [-0.05, 0) is 37.6 Å². The fraction of sp³-hybridized carbons (Fsp3) is 0.462. The Kier molecular flexibility index (Phi) is 4.02. The lowest BCUT2D eigenvalue weighted by molar-refractivity contribution is -0.148. The Morgan fingerprint density at radius 3 is 2.82 bits per heavy atom. The molecule has 1 fully saturated rings. The number of halogens is 1. The molecular formula is C13H16ClNO2. The first-order valence-corrected chi connectivity index (χ1v) is 6.25. The van der Waals surface area contributed by atoms with Crippen LogP contribution in [0.1, 0.15) is 24.9 Å². The average molecular weight is 254 g/mol. The van der Waals surface area contributed by atoms with Crippen molar-refractivity contribution in [1.29, 1.82) is 0 Å². The Labute approximate surface area is 106 Å². The lowest BCUT2D eigenvalue weighted by Gasteiger charge is -2.18. The average Bonchev–Trinajstić information content (AvgIpc) is 2.79. The number of rotatable bonds is 3. The highest BCUT2D eigenvalue weighted by atomic mass is 35.5. The number of ether oxygens (including phenoxy) is 1. The summed E-state index contributed by atoms with van der Waals surface area (Å²) in [6.45, 7) is 3.11. The van der Waals surface area contributed by atoms with E-state index in [-0.39, 0.29) is 17.9 Å². The number of carbonyl (C=O) groups excluding carboxylic acids is 1. The van der Waals surface area contributed by atoms with Crippen molar-refractivity contribution < 1.29 is 9.53 Å². The molecule has 0 aromatic heterocycles. The van der Waals surface area contributed by atoms with Gasteiger partial charge in [-0.15, -0.1) is 0 Å². The van der Waals surface area contributed by atoms with Crippen molar-refractivity contribution in [3.05, 3.63) is 34.9 Å². The largest absolute Gasteiger partial charge is 0.466 e. The molecule has 92 valence electrons.